The Balaban J connectivity index is 2.68. The molecule has 6 heteroatoms. The monoisotopic (exact) mass is 196 g/mol. The van der Waals surface area contributed by atoms with Gasteiger partial charge in [0.1, 0.15) is 18.9 Å². The maximum atomic E-state index is 12.2. The summed E-state index contributed by atoms with van der Waals surface area (Å²) in [5, 5.41) is 36.3. The summed E-state index contributed by atoms with van der Waals surface area (Å²) < 4.78 is 16.9. The molecule has 0 aromatic carbocycles. The average Bonchev–Trinajstić information content (AvgIpc) is 2.11. The van der Waals surface area contributed by atoms with Crippen LogP contribution in [0.2, 0.25) is 0 Å². The lowest BCUT2D eigenvalue weighted by molar-refractivity contribution is -0.309. The van der Waals surface area contributed by atoms with Crippen LogP contribution in [0.5, 0.6) is 0 Å². The highest BCUT2D eigenvalue weighted by molar-refractivity contribution is 4.88. The molecule has 0 bridgehead atoms. The molecule has 4 N–H and O–H groups in total. The van der Waals surface area contributed by atoms with Crippen molar-refractivity contribution < 1.29 is 29.6 Å². The van der Waals surface area contributed by atoms with Crippen molar-refractivity contribution in [3.8, 4) is 0 Å². The fourth-order valence-electron chi connectivity index (χ4n) is 1.33. The molecular weight excluding hydrogens is 183 g/mol. The van der Waals surface area contributed by atoms with Gasteiger partial charge in [0.25, 0.3) is 0 Å². The van der Waals surface area contributed by atoms with Gasteiger partial charge in [0.2, 0.25) is 0 Å². The first-order chi connectivity index (χ1) is 6.02. The Morgan fingerprint density at radius 2 is 2.08 bits per heavy atom. The molecule has 0 amide bonds. The van der Waals surface area contributed by atoms with E-state index in [-0.39, 0.29) is 0 Å². The molecule has 1 fully saturated rings. The Morgan fingerprint density at radius 3 is 2.54 bits per heavy atom. The van der Waals surface area contributed by atoms with Gasteiger partial charge in [-0.3, -0.25) is 0 Å². The van der Waals surface area contributed by atoms with Gasteiger partial charge in [-0.05, 0) is 0 Å². The highest BCUT2D eigenvalue weighted by atomic mass is 19.1. The molecule has 1 aliphatic heterocycles. The van der Waals surface area contributed by atoms with Crippen LogP contribution >= 0.6 is 0 Å². The Labute approximate surface area is 74.4 Å². The Kier molecular flexibility index (Phi) is 3.20. The number of aliphatic hydroxyl groups is 4. The van der Waals surface area contributed by atoms with Gasteiger partial charge in [-0.25, -0.2) is 4.39 Å². The molecule has 0 aromatic heterocycles. The number of rotatable bonds is 2. The minimum absolute atomic E-state index is 0.402. The normalized spacial score (nSPS) is 46.4. The van der Waals surface area contributed by atoms with E-state index in [1.807, 2.05) is 0 Å². The second-order valence-electron chi connectivity index (χ2n) is 3.18. The van der Waals surface area contributed by atoms with Crippen molar-refractivity contribution in [3.63, 3.8) is 0 Å². The summed E-state index contributed by atoms with van der Waals surface area (Å²) in [7, 11) is 0. The van der Waals surface area contributed by atoms with Crippen molar-refractivity contribution in [1.82, 2.24) is 0 Å². The largest absolute Gasteiger partial charge is 0.394 e. The number of alkyl halides is 1. The standard InChI is InChI=1S/C7H13FO5/c8-3-7(12)1-4(10)6(11)5(2-9)13-7/h4-6,9-12H,1-3H2. The summed E-state index contributed by atoms with van der Waals surface area (Å²) in [4.78, 5) is 0. The molecule has 1 rings (SSSR count). The van der Waals surface area contributed by atoms with Gasteiger partial charge < -0.3 is 25.2 Å². The van der Waals surface area contributed by atoms with E-state index in [1.54, 1.807) is 0 Å². The molecule has 0 aliphatic carbocycles. The summed E-state index contributed by atoms with van der Waals surface area (Å²) >= 11 is 0. The first-order valence-electron chi connectivity index (χ1n) is 3.95. The van der Waals surface area contributed by atoms with Crippen molar-refractivity contribution in [2.45, 2.75) is 30.5 Å². The molecule has 0 saturated carbocycles. The highest BCUT2D eigenvalue weighted by Crippen LogP contribution is 2.27. The van der Waals surface area contributed by atoms with E-state index in [2.05, 4.69) is 4.74 Å². The number of halogens is 1. The van der Waals surface area contributed by atoms with Crippen molar-refractivity contribution >= 4 is 0 Å². The van der Waals surface area contributed by atoms with E-state index in [0.717, 1.165) is 0 Å². The maximum absolute atomic E-state index is 12.2. The summed E-state index contributed by atoms with van der Waals surface area (Å²) in [6.45, 7) is -1.77. The molecule has 5 nitrogen and oxygen atoms in total. The van der Waals surface area contributed by atoms with Gasteiger partial charge in [0.15, 0.2) is 5.79 Å². The zero-order valence-corrected chi connectivity index (χ0v) is 6.93. The summed E-state index contributed by atoms with van der Waals surface area (Å²) in [5.41, 5.74) is 0. The minimum atomic E-state index is -2.09. The number of ether oxygens (including phenoxy) is 1. The van der Waals surface area contributed by atoms with Crippen LogP contribution in [0.4, 0.5) is 4.39 Å². The quantitative estimate of drug-likeness (QED) is 0.416. The van der Waals surface area contributed by atoms with E-state index in [1.165, 1.54) is 0 Å². The lowest BCUT2D eigenvalue weighted by atomic mass is 9.96. The van der Waals surface area contributed by atoms with Crippen molar-refractivity contribution in [3.05, 3.63) is 0 Å². The van der Waals surface area contributed by atoms with Crippen molar-refractivity contribution in [2.75, 3.05) is 13.3 Å². The van der Waals surface area contributed by atoms with Gasteiger partial charge >= 0.3 is 0 Å². The van der Waals surface area contributed by atoms with E-state index in [4.69, 9.17) is 5.11 Å². The average molecular weight is 196 g/mol. The summed E-state index contributed by atoms with van der Waals surface area (Å²) in [6, 6.07) is 0. The zero-order chi connectivity index (χ0) is 10.1. The molecule has 1 heterocycles. The molecule has 1 aliphatic rings. The predicted octanol–water partition coefficient (Wildman–Crippen LogP) is -1.85. The minimum Gasteiger partial charge on any atom is -0.394 e. The molecule has 1 saturated heterocycles. The van der Waals surface area contributed by atoms with Crippen LogP contribution in [-0.4, -0.2) is 57.8 Å². The number of aliphatic hydroxyl groups excluding tert-OH is 3. The third-order valence-electron chi connectivity index (χ3n) is 2.06. The second-order valence-corrected chi connectivity index (χ2v) is 3.18. The predicted molar refractivity (Wildman–Crippen MR) is 39.5 cm³/mol. The third kappa shape index (κ3) is 2.15. The van der Waals surface area contributed by atoms with Gasteiger partial charge in [-0.2, -0.15) is 0 Å². The fraction of sp³-hybridized carbons (Fsp3) is 1.00. The molecule has 0 radical (unpaired) electrons. The molecule has 0 spiro atoms. The van der Waals surface area contributed by atoms with Gasteiger partial charge in [0, 0.05) is 6.42 Å². The van der Waals surface area contributed by atoms with Crippen LogP contribution in [0.15, 0.2) is 0 Å². The number of hydrogen-bond acceptors (Lipinski definition) is 5. The van der Waals surface area contributed by atoms with Gasteiger partial charge in [0.05, 0.1) is 12.7 Å². The van der Waals surface area contributed by atoms with Gasteiger partial charge in [-0.15, -0.1) is 0 Å². The lowest BCUT2D eigenvalue weighted by Gasteiger charge is -2.40. The Hall–Kier alpha value is -0.270. The number of hydrogen-bond donors (Lipinski definition) is 4. The first-order valence-corrected chi connectivity index (χ1v) is 3.95. The van der Waals surface area contributed by atoms with Crippen LogP contribution in [0.25, 0.3) is 0 Å². The van der Waals surface area contributed by atoms with Crippen molar-refractivity contribution in [1.29, 1.82) is 0 Å². The third-order valence-corrected chi connectivity index (χ3v) is 2.06. The van der Waals surface area contributed by atoms with E-state index in [0.29, 0.717) is 0 Å². The van der Waals surface area contributed by atoms with E-state index < -0.39 is 43.8 Å². The SMILES string of the molecule is OCC1OC(O)(CF)CC(O)C1O. The molecule has 4 atom stereocenters. The topological polar surface area (TPSA) is 90.2 Å². The van der Waals surface area contributed by atoms with Crippen LogP contribution < -0.4 is 0 Å². The maximum Gasteiger partial charge on any atom is 0.197 e. The van der Waals surface area contributed by atoms with Crippen LogP contribution in [0.3, 0.4) is 0 Å². The molecular formula is C7H13FO5. The first kappa shape index (κ1) is 10.8. The lowest BCUT2D eigenvalue weighted by Crippen LogP contribution is -2.56. The van der Waals surface area contributed by atoms with Crippen molar-refractivity contribution in [2.24, 2.45) is 0 Å². The van der Waals surface area contributed by atoms with Crippen LogP contribution in [-0.2, 0) is 4.74 Å². The van der Waals surface area contributed by atoms with E-state index in [9.17, 15) is 19.7 Å². The highest BCUT2D eigenvalue weighted by Gasteiger charge is 2.44. The molecule has 0 aromatic rings. The second kappa shape index (κ2) is 3.85. The van der Waals surface area contributed by atoms with Gasteiger partial charge in [-0.1, -0.05) is 0 Å². The Bertz CT molecular complexity index is 178. The van der Waals surface area contributed by atoms with E-state index >= 15 is 0 Å². The smallest absolute Gasteiger partial charge is 0.197 e. The summed E-state index contributed by atoms with van der Waals surface area (Å²) in [5.74, 6) is -2.09. The molecule has 4 unspecified atom stereocenters. The van der Waals surface area contributed by atoms with Crippen LogP contribution in [0.1, 0.15) is 6.42 Å². The molecule has 78 valence electrons. The zero-order valence-electron chi connectivity index (χ0n) is 6.93. The summed E-state index contributed by atoms with van der Waals surface area (Å²) in [6.07, 6.45) is -4.13. The molecule has 13 heavy (non-hydrogen) atoms. The fourth-order valence-corrected chi connectivity index (χ4v) is 1.33. The van der Waals surface area contributed by atoms with Crippen LogP contribution in [0, 0.1) is 0 Å². The Morgan fingerprint density at radius 1 is 1.46 bits per heavy atom.